The summed E-state index contributed by atoms with van der Waals surface area (Å²) in [6.45, 7) is 2.81. The van der Waals surface area contributed by atoms with E-state index < -0.39 is 34.7 Å². The minimum absolute atomic E-state index is 0.161. The Hall–Kier alpha value is -2.48. The summed E-state index contributed by atoms with van der Waals surface area (Å²) in [7, 11) is 0. The van der Waals surface area contributed by atoms with Crippen molar-refractivity contribution in [2.24, 2.45) is 17.8 Å². The maximum absolute atomic E-state index is 12.2. The molecule has 4 atom stereocenters. The zero-order valence-corrected chi connectivity index (χ0v) is 15.8. The van der Waals surface area contributed by atoms with Crippen LogP contribution in [0.25, 0.3) is 0 Å². The van der Waals surface area contributed by atoms with Gasteiger partial charge in [-0.3, -0.25) is 24.5 Å². The second kappa shape index (κ2) is 8.94. The van der Waals surface area contributed by atoms with Gasteiger partial charge >= 0.3 is 5.97 Å². The van der Waals surface area contributed by atoms with Gasteiger partial charge in [-0.1, -0.05) is 18.5 Å². The number of nitrogens with zero attached hydrogens (tertiary/aromatic N) is 1. The van der Waals surface area contributed by atoms with Gasteiger partial charge in [0.2, 0.25) is 6.54 Å². The van der Waals surface area contributed by atoms with Crippen molar-refractivity contribution in [1.29, 1.82) is 0 Å². The molecule has 0 aromatic heterocycles. The predicted molar refractivity (Wildman–Crippen MR) is 97.9 cm³/mol. The lowest BCUT2D eigenvalue weighted by molar-refractivity contribution is -0.490. The third-order valence-corrected chi connectivity index (χ3v) is 4.97. The van der Waals surface area contributed by atoms with Crippen molar-refractivity contribution in [3.8, 4) is 0 Å². The quantitative estimate of drug-likeness (QED) is 0.430. The highest BCUT2D eigenvalue weighted by Gasteiger charge is 2.44. The molecular weight excluding hydrogens is 376 g/mol. The normalized spacial score (nSPS) is 22.9. The lowest BCUT2D eigenvalue weighted by Gasteiger charge is -2.18. The second-order valence-corrected chi connectivity index (χ2v) is 7.20. The molecule has 1 aliphatic carbocycles. The number of carbonyl (C=O) groups is 3. The summed E-state index contributed by atoms with van der Waals surface area (Å²) < 4.78 is 5.11. The first-order valence-electron chi connectivity index (χ1n) is 8.57. The van der Waals surface area contributed by atoms with E-state index in [2.05, 4.69) is 5.32 Å². The highest BCUT2D eigenvalue weighted by molar-refractivity contribution is 6.30. The Bertz CT molecular complexity index is 736. The number of nitrogens with one attached hydrogen (secondary N) is 1. The minimum atomic E-state index is -1.07. The number of esters is 1. The van der Waals surface area contributed by atoms with Crippen LogP contribution in [0.2, 0.25) is 5.02 Å². The molecule has 8 nitrogen and oxygen atoms in total. The summed E-state index contributed by atoms with van der Waals surface area (Å²) in [6, 6.07) is 6.43. The lowest BCUT2D eigenvalue weighted by atomic mass is 9.88. The largest absolute Gasteiger partial charge is 0.453 e. The Morgan fingerprint density at radius 3 is 2.59 bits per heavy atom. The summed E-state index contributed by atoms with van der Waals surface area (Å²) in [4.78, 5) is 46.7. The average molecular weight is 397 g/mol. The van der Waals surface area contributed by atoms with Gasteiger partial charge in [0.05, 0.1) is 6.42 Å². The molecule has 0 unspecified atom stereocenters. The first kappa shape index (κ1) is 20.8. The number of amides is 1. The molecule has 0 saturated heterocycles. The number of hydrogen-bond donors (Lipinski definition) is 1. The summed E-state index contributed by atoms with van der Waals surface area (Å²) in [5, 5.41) is 13.9. The maximum atomic E-state index is 12.2. The third kappa shape index (κ3) is 5.75. The van der Waals surface area contributed by atoms with Crippen LogP contribution in [0.5, 0.6) is 0 Å². The van der Waals surface area contributed by atoms with E-state index in [1.54, 1.807) is 31.2 Å². The second-order valence-electron chi connectivity index (χ2n) is 6.77. The van der Waals surface area contributed by atoms with Crippen LogP contribution >= 0.6 is 11.6 Å². The van der Waals surface area contributed by atoms with Gasteiger partial charge < -0.3 is 10.1 Å². The summed E-state index contributed by atoms with van der Waals surface area (Å²) in [5.41, 5.74) is 0.498. The number of benzene rings is 1. The van der Waals surface area contributed by atoms with E-state index in [1.165, 1.54) is 6.92 Å². The van der Waals surface area contributed by atoms with Gasteiger partial charge in [-0.2, -0.15) is 0 Å². The molecule has 2 rings (SSSR count). The lowest BCUT2D eigenvalue weighted by Crippen LogP contribution is -2.32. The molecule has 0 radical (unpaired) electrons. The highest BCUT2D eigenvalue weighted by Crippen LogP contribution is 2.36. The van der Waals surface area contributed by atoms with Crippen LogP contribution in [-0.2, 0) is 19.1 Å². The van der Waals surface area contributed by atoms with E-state index in [-0.39, 0.29) is 31.1 Å². The van der Waals surface area contributed by atoms with Crippen LogP contribution in [0, 0.1) is 27.9 Å². The van der Waals surface area contributed by atoms with E-state index in [1.807, 2.05) is 0 Å². The van der Waals surface area contributed by atoms with Crippen LogP contribution in [0.3, 0.4) is 0 Å². The molecule has 146 valence electrons. The fraction of sp³-hybridized carbons (Fsp3) is 0.500. The van der Waals surface area contributed by atoms with Gasteiger partial charge in [0, 0.05) is 33.9 Å². The van der Waals surface area contributed by atoms with Crippen molar-refractivity contribution >= 4 is 34.9 Å². The Kier molecular flexibility index (Phi) is 6.90. The number of nitro groups is 1. The average Bonchev–Trinajstić information content (AvgIpc) is 2.83. The molecule has 1 fully saturated rings. The van der Waals surface area contributed by atoms with E-state index in [9.17, 15) is 24.5 Å². The van der Waals surface area contributed by atoms with Crippen LogP contribution in [0.15, 0.2) is 24.3 Å². The number of anilines is 1. The number of ether oxygens (including phenoxy) is 1. The molecule has 9 heteroatoms. The SMILES string of the molecule is C[C@H](OC(=O)C[C@@H]1C(=O)C[C@H](C)[C@H]1C[N+](=O)[O-])C(=O)Nc1ccc(Cl)cc1. The van der Waals surface area contributed by atoms with Gasteiger partial charge in [-0.25, -0.2) is 0 Å². The number of Topliss-reactive ketones (excluding diaryl/α,β-unsaturated/α-hetero) is 1. The van der Waals surface area contributed by atoms with E-state index >= 15 is 0 Å². The molecular formula is C18H21ClN2O6. The van der Waals surface area contributed by atoms with Gasteiger partial charge in [0.1, 0.15) is 5.78 Å². The van der Waals surface area contributed by atoms with Crippen LogP contribution in [0.1, 0.15) is 26.7 Å². The van der Waals surface area contributed by atoms with Crippen molar-refractivity contribution in [3.05, 3.63) is 39.4 Å². The molecule has 0 bridgehead atoms. The van der Waals surface area contributed by atoms with E-state index in [0.29, 0.717) is 10.7 Å². The number of ketones is 1. The number of carbonyl (C=O) groups excluding carboxylic acids is 3. The minimum Gasteiger partial charge on any atom is -0.453 e. The van der Waals surface area contributed by atoms with Crippen LogP contribution < -0.4 is 5.32 Å². The zero-order chi connectivity index (χ0) is 20.1. The molecule has 1 aromatic rings. The highest BCUT2D eigenvalue weighted by atomic mass is 35.5. The van der Waals surface area contributed by atoms with Gasteiger partial charge in [0.25, 0.3) is 5.91 Å². The summed E-state index contributed by atoms with van der Waals surface area (Å²) in [5.74, 6) is -2.84. The van der Waals surface area contributed by atoms with Crippen molar-refractivity contribution in [2.75, 3.05) is 11.9 Å². The van der Waals surface area contributed by atoms with E-state index in [4.69, 9.17) is 16.3 Å². The molecule has 1 aliphatic rings. The van der Waals surface area contributed by atoms with Crippen LogP contribution in [-0.4, -0.2) is 35.2 Å². The fourth-order valence-electron chi connectivity index (χ4n) is 3.26. The Balaban J connectivity index is 1.91. The maximum Gasteiger partial charge on any atom is 0.307 e. The standard InChI is InChI=1S/C18H21ClN2O6/c1-10-7-16(22)14(15(10)9-21(25)26)8-17(23)27-11(2)18(24)20-13-5-3-12(19)4-6-13/h3-6,10-11,14-15H,7-9H2,1-2H3,(H,20,24)/t10-,11-,14-,15+/m0/s1. The molecule has 27 heavy (non-hydrogen) atoms. The molecule has 1 amide bonds. The molecule has 0 spiro atoms. The first-order valence-corrected chi connectivity index (χ1v) is 8.95. The fourth-order valence-corrected chi connectivity index (χ4v) is 3.38. The topological polar surface area (TPSA) is 116 Å². The number of rotatable bonds is 7. The first-order chi connectivity index (χ1) is 12.7. The van der Waals surface area contributed by atoms with Crippen molar-refractivity contribution < 1.29 is 24.0 Å². The van der Waals surface area contributed by atoms with Crippen molar-refractivity contribution in [1.82, 2.24) is 0 Å². The number of hydrogen-bond acceptors (Lipinski definition) is 6. The molecule has 0 aliphatic heterocycles. The van der Waals surface area contributed by atoms with Gasteiger partial charge in [-0.05, 0) is 37.1 Å². The number of halogens is 1. The Morgan fingerprint density at radius 2 is 2.00 bits per heavy atom. The monoisotopic (exact) mass is 396 g/mol. The van der Waals surface area contributed by atoms with Crippen molar-refractivity contribution in [3.63, 3.8) is 0 Å². The zero-order valence-electron chi connectivity index (χ0n) is 15.0. The molecule has 1 aromatic carbocycles. The Morgan fingerprint density at radius 1 is 1.37 bits per heavy atom. The van der Waals surface area contributed by atoms with E-state index in [0.717, 1.165) is 0 Å². The predicted octanol–water partition coefficient (Wildman–Crippen LogP) is 2.72. The van der Waals surface area contributed by atoms with Gasteiger partial charge in [0.15, 0.2) is 6.10 Å². The smallest absolute Gasteiger partial charge is 0.307 e. The Labute approximate surface area is 161 Å². The van der Waals surface area contributed by atoms with Gasteiger partial charge in [-0.15, -0.1) is 0 Å². The summed E-state index contributed by atoms with van der Waals surface area (Å²) in [6.07, 6.45) is -1.13. The molecule has 1 saturated carbocycles. The van der Waals surface area contributed by atoms with Crippen molar-refractivity contribution in [2.45, 2.75) is 32.8 Å². The van der Waals surface area contributed by atoms with Crippen LogP contribution in [0.4, 0.5) is 5.69 Å². The summed E-state index contributed by atoms with van der Waals surface area (Å²) >= 11 is 5.77. The third-order valence-electron chi connectivity index (χ3n) is 4.72. The molecule has 1 N–H and O–H groups in total. The molecule has 0 heterocycles.